The van der Waals surface area contributed by atoms with E-state index in [1.165, 1.54) is 32.5 Å². The van der Waals surface area contributed by atoms with E-state index in [1.807, 2.05) is 17.5 Å². The summed E-state index contributed by atoms with van der Waals surface area (Å²) in [7, 11) is 2.15. The van der Waals surface area contributed by atoms with Crippen molar-refractivity contribution in [3.05, 3.63) is 87.5 Å². The van der Waals surface area contributed by atoms with Crippen molar-refractivity contribution >= 4 is 22.2 Å². The molecule has 3 aromatic heterocycles. The van der Waals surface area contributed by atoms with Crippen molar-refractivity contribution in [2.45, 2.75) is 32.4 Å². The van der Waals surface area contributed by atoms with Crippen LogP contribution in [-0.2, 0) is 26.4 Å². The van der Waals surface area contributed by atoms with Crippen LogP contribution in [0.5, 0.6) is 0 Å². The average molecular weight is 388 g/mol. The van der Waals surface area contributed by atoms with Crippen LogP contribution in [0.15, 0.2) is 60.2 Å². The number of aromatic nitrogens is 2. The van der Waals surface area contributed by atoms with Gasteiger partial charge >= 0.3 is 0 Å². The molecule has 3 nitrogen and oxygen atoms in total. The van der Waals surface area contributed by atoms with Crippen molar-refractivity contribution in [1.82, 2.24) is 14.5 Å². The Hall–Kier alpha value is -2.43. The Kier molecular flexibility index (Phi) is 4.53. The number of benzene rings is 1. The fourth-order valence-electron chi connectivity index (χ4n) is 4.46. The maximum absolute atomic E-state index is 4.52. The molecule has 4 heterocycles. The number of fused-ring (bicyclic) bond motifs is 2. The largest absolute Gasteiger partial charge is 0.350 e. The monoisotopic (exact) mass is 387 g/mol. The first-order valence-corrected chi connectivity index (χ1v) is 10.8. The van der Waals surface area contributed by atoms with Crippen molar-refractivity contribution < 1.29 is 0 Å². The number of rotatable bonds is 4. The lowest BCUT2D eigenvalue weighted by atomic mass is 9.95. The van der Waals surface area contributed by atoms with Gasteiger partial charge in [-0.05, 0) is 60.0 Å². The predicted octanol–water partition coefficient (Wildman–Crippen LogP) is 5.29. The molecule has 0 N–H and O–H groups in total. The number of hydrogen-bond donors (Lipinski definition) is 0. The molecule has 1 aliphatic rings. The van der Waals surface area contributed by atoms with E-state index in [0.29, 0.717) is 6.04 Å². The molecule has 5 rings (SSSR count). The van der Waals surface area contributed by atoms with Crippen molar-refractivity contribution in [2.75, 3.05) is 6.54 Å². The summed E-state index contributed by atoms with van der Waals surface area (Å²) in [5, 5.41) is 3.63. The molecule has 0 saturated heterocycles. The summed E-state index contributed by atoms with van der Waals surface area (Å²) in [6, 6.07) is 15.8. The quantitative estimate of drug-likeness (QED) is 0.475. The topological polar surface area (TPSA) is 21.1 Å². The molecule has 0 saturated carbocycles. The van der Waals surface area contributed by atoms with Gasteiger partial charge in [0.25, 0.3) is 0 Å². The molecule has 0 bridgehead atoms. The Labute approximate surface area is 170 Å². The third-order valence-corrected chi connectivity index (χ3v) is 7.01. The van der Waals surface area contributed by atoms with Crippen molar-refractivity contribution in [2.24, 2.45) is 7.05 Å². The number of para-hydroxylation sites is 1. The highest BCUT2D eigenvalue weighted by molar-refractivity contribution is 7.10. The Balaban J connectivity index is 1.49. The first-order valence-electron chi connectivity index (χ1n) is 9.94. The minimum atomic E-state index is 0.423. The summed E-state index contributed by atoms with van der Waals surface area (Å²) in [6.07, 6.45) is 6.52. The highest BCUT2D eigenvalue weighted by Gasteiger charge is 2.29. The first-order chi connectivity index (χ1) is 13.7. The molecule has 0 aliphatic carbocycles. The minimum Gasteiger partial charge on any atom is -0.350 e. The SMILES string of the molecule is Cc1ccc(CC2c3sccc3CCN2Cc2cn(C)c3ccccc23)cn1. The molecule has 1 aliphatic heterocycles. The van der Waals surface area contributed by atoms with E-state index in [9.17, 15) is 0 Å². The average Bonchev–Trinajstić information content (AvgIpc) is 3.31. The Morgan fingerprint density at radius 1 is 1.14 bits per heavy atom. The fraction of sp³-hybridized carbons (Fsp3) is 0.292. The van der Waals surface area contributed by atoms with E-state index in [0.717, 1.165) is 31.6 Å². The van der Waals surface area contributed by atoms with E-state index in [1.54, 1.807) is 0 Å². The van der Waals surface area contributed by atoms with Gasteiger partial charge < -0.3 is 4.57 Å². The summed E-state index contributed by atoms with van der Waals surface area (Å²) >= 11 is 1.91. The van der Waals surface area contributed by atoms with Gasteiger partial charge in [0.05, 0.1) is 0 Å². The lowest BCUT2D eigenvalue weighted by Crippen LogP contribution is -2.35. The van der Waals surface area contributed by atoms with Crippen LogP contribution in [0.1, 0.15) is 33.3 Å². The molecule has 1 unspecified atom stereocenters. The van der Waals surface area contributed by atoms with Crippen LogP contribution in [-0.4, -0.2) is 21.0 Å². The lowest BCUT2D eigenvalue weighted by Gasteiger charge is -2.35. The number of thiophene rings is 1. The molecule has 4 heteroatoms. The third kappa shape index (κ3) is 3.17. The standard InChI is InChI=1S/C24H25N3S/c1-17-7-8-18(14-25-17)13-23-24-19(10-12-28-24)9-11-27(23)16-20-15-26(2)22-6-4-3-5-21(20)22/h3-8,10,12,14-15,23H,9,11,13,16H2,1-2H3. The lowest BCUT2D eigenvalue weighted by molar-refractivity contribution is 0.179. The maximum Gasteiger partial charge on any atom is 0.0488 e. The summed E-state index contributed by atoms with van der Waals surface area (Å²) < 4.78 is 2.25. The van der Waals surface area contributed by atoms with Crippen LogP contribution in [0, 0.1) is 6.92 Å². The second-order valence-electron chi connectivity index (χ2n) is 7.84. The second kappa shape index (κ2) is 7.19. The van der Waals surface area contributed by atoms with Gasteiger partial charge in [0.15, 0.2) is 0 Å². The molecule has 142 valence electrons. The minimum absolute atomic E-state index is 0.423. The number of hydrogen-bond acceptors (Lipinski definition) is 3. The summed E-state index contributed by atoms with van der Waals surface area (Å²) in [4.78, 5) is 8.72. The summed E-state index contributed by atoms with van der Waals surface area (Å²) in [5.74, 6) is 0. The number of pyridine rings is 1. The smallest absolute Gasteiger partial charge is 0.0488 e. The molecule has 0 amide bonds. The van der Waals surface area contributed by atoms with Gasteiger partial charge in [0.1, 0.15) is 0 Å². The van der Waals surface area contributed by atoms with Crippen LogP contribution in [0.2, 0.25) is 0 Å². The van der Waals surface area contributed by atoms with E-state index in [-0.39, 0.29) is 0 Å². The van der Waals surface area contributed by atoms with Crippen molar-refractivity contribution in [1.29, 1.82) is 0 Å². The van der Waals surface area contributed by atoms with Crippen LogP contribution >= 0.6 is 11.3 Å². The molecule has 0 fully saturated rings. The van der Waals surface area contributed by atoms with Crippen LogP contribution < -0.4 is 0 Å². The molecule has 1 atom stereocenters. The zero-order valence-electron chi connectivity index (χ0n) is 16.4. The van der Waals surface area contributed by atoms with Crippen molar-refractivity contribution in [3.8, 4) is 0 Å². The molecular weight excluding hydrogens is 362 g/mol. The van der Waals surface area contributed by atoms with Gasteiger partial charge in [0.2, 0.25) is 0 Å². The molecule has 0 spiro atoms. The van der Waals surface area contributed by atoms with E-state index in [2.05, 4.69) is 82.5 Å². The Morgan fingerprint density at radius 3 is 2.89 bits per heavy atom. The van der Waals surface area contributed by atoms with Crippen LogP contribution in [0.3, 0.4) is 0 Å². The van der Waals surface area contributed by atoms with E-state index < -0.39 is 0 Å². The highest BCUT2D eigenvalue weighted by atomic mass is 32.1. The number of aryl methyl sites for hydroxylation is 2. The zero-order chi connectivity index (χ0) is 19.1. The van der Waals surface area contributed by atoms with E-state index >= 15 is 0 Å². The first kappa shape index (κ1) is 17.7. The highest BCUT2D eigenvalue weighted by Crippen LogP contribution is 2.37. The third-order valence-electron chi connectivity index (χ3n) is 5.95. The van der Waals surface area contributed by atoms with Gasteiger partial charge in [-0.1, -0.05) is 24.3 Å². The molecule has 1 aromatic carbocycles. The van der Waals surface area contributed by atoms with Gasteiger partial charge in [-0.25, -0.2) is 0 Å². The van der Waals surface area contributed by atoms with Crippen LogP contribution in [0.4, 0.5) is 0 Å². The summed E-state index contributed by atoms with van der Waals surface area (Å²) in [5.41, 5.74) is 6.66. The van der Waals surface area contributed by atoms with Gasteiger partial charge in [-0.2, -0.15) is 0 Å². The van der Waals surface area contributed by atoms with Gasteiger partial charge in [-0.15, -0.1) is 11.3 Å². The molecular formula is C24H25N3S. The second-order valence-corrected chi connectivity index (χ2v) is 8.79. The Bertz CT molecular complexity index is 1110. The molecule has 0 radical (unpaired) electrons. The normalized spacial score (nSPS) is 17.1. The van der Waals surface area contributed by atoms with E-state index in [4.69, 9.17) is 0 Å². The zero-order valence-corrected chi connectivity index (χ0v) is 17.2. The molecule has 28 heavy (non-hydrogen) atoms. The Morgan fingerprint density at radius 2 is 2.04 bits per heavy atom. The van der Waals surface area contributed by atoms with Gasteiger partial charge in [-0.3, -0.25) is 9.88 Å². The summed E-state index contributed by atoms with van der Waals surface area (Å²) in [6.45, 7) is 4.15. The van der Waals surface area contributed by atoms with Crippen LogP contribution in [0.25, 0.3) is 10.9 Å². The molecule has 4 aromatic rings. The van der Waals surface area contributed by atoms with Gasteiger partial charge in [0, 0.05) is 60.0 Å². The van der Waals surface area contributed by atoms with Crippen molar-refractivity contribution in [3.63, 3.8) is 0 Å². The fourth-order valence-corrected chi connectivity index (χ4v) is 5.55. The predicted molar refractivity (Wildman–Crippen MR) is 117 cm³/mol. The number of nitrogens with zero attached hydrogens (tertiary/aromatic N) is 3. The maximum atomic E-state index is 4.52.